The summed E-state index contributed by atoms with van der Waals surface area (Å²) >= 11 is 0. The SMILES string of the molecule is CC1(C)OB(c2ccc3ccc4c(-c5ccc6c(c5)Oc5cccc7cccc-6c57)ccc5ccc2c3c54)OC1(C)C. The predicted octanol–water partition coefficient (Wildman–Crippen LogP) is 9.48. The third-order valence-corrected chi connectivity index (χ3v) is 9.87. The molecule has 42 heavy (non-hydrogen) atoms. The van der Waals surface area contributed by atoms with Crippen molar-refractivity contribution >= 4 is 55.7 Å². The molecule has 2 aliphatic heterocycles. The van der Waals surface area contributed by atoms with Gasteiger partial charge in [0.2, 0.25) is 0 Å². The van der Waals surface area contributed by atoms with Gasteiger partial charge in [0, 0.05) is 10.9 Å². The fourth-order valence-electron chi connectivity index (χ4n) is 6.98. The molecule has 7 aromatic rings. The molecule has 0 amide bonds. The molecule has 0 N–H and O–H groups in total. The Balaban J connectivity index is 1.23. The second kappa shape index (κ2) is 8.13. The molecular formula is C38H29BO3. The van der Waals surface area contributed by atoms with Crippen LogP contribution in [0.4, 0.5) is 0 Å². The van der Waals surface area contributed by atoms with E-state index in [1.54, 1.807) is 0 Å². The first-order valence-corrected chi connectivity index (χ1v) is 14.7. The lowest BCUT2D eigenvalue weighted by Gasteiger charge is -2.32. The van der Waals surface area contributed by atoms with Gasteiger partial charge in [-0.1, -0.05) is 84.9 Å². The molecule has 0 spiro atoms. The first kappa shape index (κ1) is 24.2. The standard InChI is InChI=1S/C38H29BO3/c1-37(2)38(3,4)42-39(41-37)31-20-15-24-12-18-29-26(16-11-23-13-19-30(31)36(24)35(23)29)25-14-17-27-28-9-5-7-22-8-6-10-32(34(22)28)40-33(27)21-25/h5-21H,1-4H3. The molecule has 202 valence electrons. The summed E-state index contributed by atoms with van der Waals surface area (Å²) in [5.41, 5.74) is 4.99. The average Bonchev–Trinajstić information content (AvgIpc) is 3.21. The molecule has 0 unspecified atom stereocenters. The second-order valence-electron chi connectivity index (χ2n) is 12.8. The summed E-state index contributed by atoms with van der Waals surface area (Å²) in [6.45, 7) is 8.43. The van der Waals surface area contributed by atoms with E-state index in [1.807, 2.05) is 0 Å². The van der Waals surface area contributed by atoms with E-state index in [-0.39, 0.29) is 0 Å². The van der Waals surface area contributed by atoms with Crippen LogP contribution in [0, 0.1) is 0 Å². The average molecular weight is 544 g/mol. The summed E-state index contributed by atoms with van der Waals surface area (Å²) in [5.74, 6) is 1.81. The minimum absolute atomic E-state index is 0.393. The van der Waals surface area contributed by atoms with Crippen molar-refractivity contribution in [1.29, 1.82) is 0 Å². The van der Waals surface area contributed by atoms with E-state index in [1.165, 1.54) is 54.2 Å². The van der Waals surface area contributed by atoms with Gasteiger partial charge in [-0.15, -0.1) is 0 Å². The molecular weight excluding hydrogens is 515 g/mol. The van der Waals surface area contributed by atoms with Gasteiger partial charge in [0.25, 0.3) is 0 Å². The number of benzene rings is 7. The fourth-order valence-corrected chi connectivity index (χ4v) is 6.98. The first-order valence-electron chi connectivity index (χ1n) is 14.7. The van der Waals surface area contributed by atoms with E-state index in [0.717, 1.165) is 28.1 Å². The zero-order valence-electron chi connectivity index (χ0n) is 24.1. The van der Waals surface area contributed by atoms with Crippen LogP contribution in [0.1, 0.15) is 27.7 Å². The number of hydrogen-bond donors (Lipinski definition) is 0. The van der Waals surface area contributed by atoms with Crippen LogP contribution in [0.5, 0.6) is 11.5 Å². The highest BCUT2D eigenvalue weighted by Gasteiger charge is 2.52. The lowest BCUT2D eigenvalue weighted by atomic mass is 9.74. The predicted molar refractivity (Wildman–Crippen MR) is 174 cm³/mol. The van der Waals surface area contributed by atoms with Crippen molar-refractivity contribution in [3.05, 3.63) is 103 Å². The van der Waals surface area contributed by atoms with Gasteiger partial charge in [-0.05, 0) is 106 Å². The normalized spacial score (nSPS) is 16.9. The van der Waals surface area contributed by atoms with E-state index in [0.29, 0.717) is 0 Å². The maximum atomic E-state index is 6.52. The zero-order chi connectivity index (χ0) is 28.4. The van der Waals surface area contributed by atoms with E-state index in [2.05, 4.69) is 131 Å². The van der Waals surface area contributed by atoms with Crippen molar-refractivity contribution in [2.75, 3.05) is 0 Å². The molecule has 1 fully saturated rings. The van der Waals surface area contributed by atoms with E-state index < -0.39 is 18.3 Å². The summed E-state index contributed by atoms with van der Waals surface area (Å²) in [4.78, 5) is 0. The highest BCUT2D eigenvalue weighted by molar-refractivity contribution is 6.65. The second-order valence-corrected chi connectivity index (χ2v) is 12.8. The molecule has 0 aromatic heterocycles. The van der Waals surface area contributed by atoms with E-state index in [9.17, 15) is 0 Å². The lowest BCUT2D eigenvalue weighted by Crippen LogP contribution is -2.41. The molecule has 7 aromatic carbocycles. The number of fused-ring (bicyclic) bond motifs is 2. The van der Waals surface area contributed by atoms with Gasteiger partial charge in [0.05, 0.1) is 11.2 Å². The van der Waals surface area contributed by atoms with E-state index in [4.69, 9.17) is 14.0 Å². The quantitative estimate of drug-likeness (QED) is 0.160. The lowest BCUT2D eigenvalue weighted by molar-refractivity contribution is 0.00578. The number of ether oxygens (including phenoxy) is 1. The minimum Gasteiger partial charge on any atom is -0.456 e. The van der Waals surface area contributed by atoms with Crippen molar-refractivity contribution in [3.8, 4) is 33.8 Å². The van der Waals surface area contributed by atoms with Gasteiger partial charge in [-0.3, -0.25) is 0 Å². The topological polar surface area (TPSA) is 27.7 Å². The van der Waals surface area contributed by atoms with Crippen molar-refractivity contribution in [2.45, 2.75) is 38.9 Å². The van der Waals surface area contributed by atoms with Gasteiger partial charge in [0.1, 0.15) is 11.5 Å². The Hall–Kier alpha value is -4.38. The summed E-state index contributed by atoms with van der Waals surface area (Å²) < 4.78 is 19.5. The molecule has 0 saturated carbocycles. The summed E-state index contributed by atoms with van der Waals surface area (Å²) in [7, 11) is -0.413. The van der Waals surface area contributed by atoms with Crippen molar-refractivity contribution in [1.82, 2.24) is 0 Å². The molecule has 0 radical (unpaired) electrons. The van der Waals surface area contributed by atoms with Crippen molar-refractivity contribution < 1.29 is 14.0 Å². The van der Waals surface area contributed by atoms with Crippen LogP contribution in [-0.2, 0) is 9.31 Å². The van der Waals surface area contributed by atoms with Crippen LogP contribution in [0.3, 0.4) is 0 Å². The number of hydrogen-bond acceptors (Lipinski definition) is 3. The molecule has 2 heterocycles. The summed E-state index contributed by atoms with van der Waals surface area (Å²) in [5, 5.41) is 9.78. The minimum atomic E-state index is -0.413. The molecule has 9 rings (SSSR count). The molecule has 0 aliphatic carbocycles. The summed E-state index contributed by atoms with van der Waals surface area (Å²) in [6, 6.07) is 37.2. The van der Waals surface area contributed by atoms with Crippen molar-refractivity contribution in [3.63, 3.8) is 0 Å². The zero-order valence-corrected chi connectivity index (χ0v) is 24.1. The van der Waals surface area contributed by atoms with Crippen LogP contribution in [0.25, 0.3) is 65.3 Å². The maximum absolute atomic E-state index is 6.52. The smallest absolute Gasteiger partial charge is 0.456 e. The monoisotopic (exact) mass is 544 g/mol. The molecule has 3 nitrogen and oxygen atoms in total. The Morgan fingerprint density at radius 1 is 0.500 bits per heavy atom. The largest absolute Gasteiger partial charge is 0.495 e. The Morgan fingerprint density at radius 2 is 1.12 bits per heavy atom. The highest BCUT2D eigenvalue weighted by Crippen LogP contribution is 2.48. The fraction of sp³-hybridized carbons (Fsp3) is 0.158. The highest BCUT2D eigenvalue weighted by atomic mass is 16.7. The molecule has 0 bridgehead atoms. The third-order valence-electron chi connectivity index (χ3n) is 9.87. The Bertz CT molecular complexity index is 2230. The first-order chi connectivity index (χ1) is 20.3. The molecule has 1 saturated heterocycles. The van der Waals surface area contributed by atoms with Crippen LogP contribution >= 0.6 is 0 Å². The van der Waals surface area contributed by atoms with Gasteiger partial charge in [0.15, 0.2) is 0 Å². The van der Waals surface area contributed by atoms with Crippen LogP contribution in [0.15, 0.2) is 103 Å². The van der Waals surface area contributed by atoms with Crippen molar-refractivity contribution in [2.24, 2.45) is 0 Å². The summed E-state index contributed by atoms with van der Waals surface area (Å²) in [6.07, 6.45) is 0. The van der Waals surface area contributed by atoms with E-state index >= 15 is 0 Å². The maximum Gasteiger partial charge on any atom is 0.495 e. The van der Waals surface area contributed by atoms with Gasteiger partial charge >= 0.3 is 7.12 Å². The molecule has 2 aliphatic rings. The Morgan fingerprint density at radius 3 is 1.90 bits per heavy atom. The van der Waals surface area contributed by atoms with Crippen LogP contribution in [0.2, 0.25) is 0 Å². The van der Waals surface area contributed by atoms with Gasteiger partial charge in [-0.25, -0.2) is 0 Å². The van der Waals surface area contributed by atoms with Gasteiger partial charge < -0.3 is 14.0 Å². The third kappa shape index (κ3) is 3.19. The molecule has 4 heteroatoms. The van der Waals surface area contributed by atoms with Crippen LogP contribution in [-0.4, -0.2) is 18.3 Å². The van der Waals surface area contributed by atoms with Crippen LogP contribution < -0.4 is 10.2 Å². The van der Waals surface area contributed by atoms with Gasteiger partial charge in [-0.2, -0.15) is 0 Å². The number of rotatable bonds is 2. The molecule has 0 atom stereocenters. The Kier molecular flexibility index (Phi) is 4.69. The Labute approximate surface area is 245 Å².